The molecule has 0 aliphatic rings. The molecule has 4 nitrogen and oxygen atoms in total. The molecule has 0 saturated carbocycles. The molecule has 4 rings (SSSR count). The Balaban J connectivity index is 1.68. The number of pyridine rings is 1. The van der Waals surface area contributed by atoms with Crippen molar-refractivity contribution in [2.24, 2.45) is 7.05 Å². The predicted octanol–water partition coefficient (Wildman–Crippen LogP) is 4.22. The molecule has 0 radical (unpaired) electrons. The van der Waals surface area contributed by atoms with Crippen LogP contribution in [0, 0.1) is 0 Å². The number of carbonyl (C=O) groups excluding carboxylic acids is 1. The Labute approximate surface area is 146 Å². The number of amides is 1. The molecule has 0 aliphatic carbocycles. The monoisotopic (exact) mass is 329 g/mol. The zero-order valence-corrected chi connectivity index (χ0v) is 14.2. The summed E-state index contributed by atoms with van der Waals surface area (Å²) in [5.41, 5.74) is 3.84. The number of nitrogens with zero attached hydrogens (tertiary/aromatic N) is 2. The van der Waals surface area contributed by atoms with Crippen LogP contribution in [0.4, 0.5) is 0 Å². The zero-order chi connectivity index (χ0) is 17.4. The van der Waals surface area contributed by atoms with Crippen molar-refractivity contribution in [2.45, 2.75) is 13.0 Å². The van der Waals surface area contributed by atoms with Crippen molar-refractivity contribution in [2.75, 3.05) is 0 Å². The largest absolute Gasteiger partial charge is 0.346 e. The van der Waals surface area contributed by atoms with Crippen LogP contribution >= 0.6 is 0 Å². The summed E-state index contributed by atoms with van der Waals surface area (Å²) in [6.07, 6.45) is 3.65. The third-order valence-electron chi connectivity index (χ3n) is 4.72. The van der Waals surface area contributed by atoms with Gasteiger partial charge in [-0.1, -0.05) is 36.4 Å². The third-order valence-corrected chi connectivity index (χ3v) is 4.72. The van der Waals surface area contributed by atoms with Crippen LogP contribution in [0.25, 0.3) is 21.8 Å². The number of rotatable bonds is 3. The van der Waals surface area contributed by atoms with Gasteiger partial charge in [-0.3, -0.25) is 9.78 Å². The lowest BCUT2D eigenvalue weighted by Gasteiger charge is -2.14. The van der Waals surface area contributed by atoms with Crippen molar-refractivity contribution in [3.05, 3.63) is 78.1 Å². The number of hydrogen-bond acceptors (Lipinski definition) is 2. The molecule has 0 fully saturated rings. The van der Waals surface area contributed by atoms with Crippen LogP contribution in [0.2, 0.25) is 0 Å². The number of fused-ring (bicyclic) bond motifs is 3. The molecule has 2 heterocycles. The highest BCUT2D eigenvalue weighted by Crippen LogP contribution is 2.28. The molecular weight excluding hydrogens is 310 g/mol. The van der Waals surface area contributed by atoms with E-state index in [-0.39, 0.29) is 11.9 Å². The Hall–Kier alpha value is -3.14. The molecule has 124 valence electrons. The first-order valence-electron chi connectivity index (χ1n) is 8.33. The normalized spacial score (nSPS) is 12.4. The second-order valence-corrected chi connectivity index (χ2v) is 6.29. The molecule has 0 bridgehead atoms. The standard InChI is InChI=1S/C21H19N3O/c1-14(15-6-4-3-5-7-15)23-21(25)16-8-9-17-18-10-11-22-13-20(18)24(2)19(17)12-16/h3-14H,1-2H3,(H,23,25)/t14-/m1/s1. The van der Waals surface area contributed by atoms with Crippen molar-refractivity contribution < 1.29 is 4.79 Å². The van der Waals surface area contributed by atoms with E-state index < -0.39 is 0 Å². The van der Waals surface area contributed by atoms with E-state index in [0.29, 0.717) is 5.56 Å². The summed E-state index contributed by atoms with van der Waals surface area (Å²) in [5, 5.41) is 5.35. The van der Waals surface area contributed by atoms with Crippen molar-refractivity contribution in [1.82, 2.24) is 14.9 Å². The lowest BCUT2D eigenvalue weighted by Crippen LogP contribution is -2.26. The lowest BCUT2D eigenvalue weighted by atomic mass is 10.1. The van der Waals surface area contributed by atoms with Crippen LogP contribution in [0.5, 0.6) is 0 Å². The average molecular weight is 329 g/mol. The minimum atomic E-state index is -0.0679. The molecule has 0 spiro atoms. The van der Waals surface area contributed by atoms with Gasteiger partial charge in [0.1, 0.15) is 0 Å². The van der Waals surface area contributed by atoms with Gasteiger partial charge >= 0.3 is 0 Å². The molecule has 0 aliphatic heterocycles. The molecule has 25 heavy (non-hydrogen) atoms. The van der Waals surface area contributed by atoms with Crippen LogP contribution in [0.3, 0.4) is 0 Å². The highest BCUT2D eigenvalue weighted by Gasteiger charge is 2.14. The molecule has 0 saturated heterocycles. The van der Waals surface area contributed by atoms with E-state index in [2.05, 4.69) is 14.9 Å². The molecule has 1 amide bonds. The SMILES string of the molecule is C[C@@H](NC(=O)c1ccc2c3ccncc3n(C)c2c1)c1ccccc1. The molecule has 1 atom stereocenters. The lowest BCUT2D eigenvalue weighted by molar-refractivity contribution is 0.0940. The average Bonchev–Trinajstić information content (AvgIpc) is 2.95. The number of aromatic nitrogens is 2. The van der Waals surface area contributed by atoms with E-state index in [9.17, 15) is 4.79 Å². The van der Waals surface area contributed by atoms with Gasteiger partial charge in [-0.05, 0) is 30.7 Å². The first kappa shape index (κ1) is 15.4. The maximum absolute atomic E-state index is 12.7. The highest BCUT2D eigenvalue weighted by atomic mass is 16.1. The molecular formula is C21H19N3O. The second-order valence-electron chi connectivity index (χ2n) is 6.29. The quantitative estimate of drug-likeness (QED) is 0.612. The predicted molar refractivity (Wildman–Crippen MR) is 101 cm³/mol. The van der Waals surface area contributed by atoms with E-state index >= 15 is 0 Å². The van der Waals surface area contributed by atoms with Gasteiger partial charge in [-0.2, -0.15) is 0 Å². The molecule has 1 N–H and O–H groups in total. The van der Waals surface area contributed by atoms with Gasteiger partial charge in [0.15, 0.2) is 0 Å². The van der Waals surface area contributed by atoms with Gasteiger partial charge in [0.25, 0.3) is 5.91 Å². The minimum absolute atomic E-state index is 0.0407. The highest BCUT2D eigenvalue weighted by molar-refractivity contribution is 6.09. The van der Waals surface area contributed by atoms with Crippen molar-refractivity contribution in [3.63, 3.8) is 0 Å². The molecule has 2 aromatic carbocycles. The van der Waals surface area contributed by atoms with E-state index in [1.807, 2.05) is 74.8 Å². The van der Waals surface area contributed by atoms with E-state index in [0.717, 1.165) is 27.4 Å². The zero-order valence-electron chi connectivity index (χ0n) is 14.2. The maximum atomic E-state index is 12.7. The van der Waals surface area contributed by atoms with Crippen molar-refractivity contribution in [3.8, 4) is 0 Å². The van der Waals surface area contributed by atoms with Crippen LogP contribution in [0.15, 0.2) is 67.0 Å². The van der Waals surface area contributed by atoms with Gasteiger partial charge in [0.05, 0.1) is 17.8 Å². The summed E-state index contributed by atoms with van der Waals surface area (Å²) >= 11 is 0. The van der Waals surface area contributed by atoms with Crippen LogP contribution in [0.1, 0.15) is 28.9 Å². The number of nitrogens with one attached hydrogen (secondary N) is 1. The van der Waals surface area contributed by atoms with Gasteiger partial charge in [0, 0.05) is 35.1 Å². The number of aryl methyl sites for hydroxylation is 1. The fourth-order valence-corrected chi connectivity index (χ4v) is 3.29. The first-order valence-corrected chi connectivity index (χ1v) is 8.33. The van der Waals surface area contributed by atoms with E-state index in [1.54, 1.807) is 6.20 Å². The van der Waals surface area contributed by atoms with Gasteiger partial charge < -0.3 is 9.88 Å². The third kappa shape index (κ3) is 2.66. The summed E-state index contributed by atoms with van der Waals surface area (Å²) in [6, 6.07) is 17.8. The molecule has 0 unspecified atom stereocenters. The Kier molecular flexibility index (Phi) is 3.73. The number of hydrogen-bond donors (Lipinski definition) is 1. The molecule has 2 aromatic heterocycles. The van der Waals surface area contributed by atoms with E-state index in [1.165, 1.54) is 0 Å². The Bertz CT molecular complexity index is 1070. The van der Waals surface area contributed by atoms with Crippen molar-refractivity contribution >= 4 is 27.7 Å². The Morgan fingerprint density at radius 3 is 2.60 bits per heavy atom. The first-order chi connectivity index (χ1) is 12.1. The fraction of sp³-hybridized carbons (Fsp3) is 0.143. The van der Waals surface area contributed by atoms with Crippen LogP contribution < -0.4 is 5.32 Å². The summed E-state index contributed by atoms with van der Waals surface area (Å²) < 4.78 is 2.08. The number of carbonyl (C=O) groups is 1. The maximum Gasteiger partial charge on any atom is 0.251 e. The smallest absolute Gasteiger partial charge is 0.251 e. The second kappa shape index (κ2) is 6.06. The fourth-order valence-electron chi connectivity index (χ4n) is 3.29. The molecule has 4 heteroatoms. The Morgan fingerprint density at radius 1 is 1.04 bits per heavy atom. The van der Waals surface area contributed by atoms with Crippen molar-refractivity contribution in [1.29, 1.82) is 0 Å². The van der Waals surface area contributed by atoms with Gasteiger partial charge in [-0.15, -0.1) is 0 Å². The Morgan fingerprint density at radius 2 is 1.80 bits per heavy atom. The van der Waals surface area contributed by atoms with E-state index in [4.69, 9.17) is 0 Å². The summed E-state index contributed by atoms with van der Waals surface area (Å²) in [7, 11) is 2.00. The summed E-state index contributed by atoms with van der Waals surface area (Å²) in [5.74, 6) is -0.0679. The summed E-state index contributed by atoms with van der Waals surface area (Å²) in [6.45, 7) is 1.99. The number of benzene rings is 2. The topological polar surface area (TPSA) is 46.9 Å². The van der Waals surface area contributed by atoms with Crippen LogP contribution in [-0.4, -0.2) is 15.5 Å². The van der Waals surface area contributed by atoms with Crippen LogP contribution in [-0.2, 0) is 7.05 Å². The van der Waals surface area contributed by atoms with Gasteiger partial charge in [-0.25, -0.2) is 0 Å². The van der Waals surface area contributed by atoms with Gasteiger partial charge in [0.2, 0.25) is 0 Å². The molecule has 4 aromatic rings. The summed E-state index contributed by atoms with van der Waals surface area (Å²) in [4.78, 5) is 16.9. The minimum Gasteiger partial charge on any atom is -0.346 e.